The summed E-state index contributed by atoms with van der Waals surface area (Å²) in [6.45, 7) is 5.11. The van der Waals surface area contributed by atoms with Gasteiger partial charge >= 0.3 is 5.97 Å². The van der Waals surface area contributed by atoms with E-state index in [-0.39, 0.29) is 5.91 Å². The van der Waals surface area contributed by atoms with Gasteiger partial charge in [0.15, 0.2) is 0 Å². The van der Waals surface area contributed by atoms with Crippen molar-refractivity contribution in [3.05, 3.63) is 34.9 Å². The summed E-state index contributed by atoms with van der Waals surface area (Å²) in [4.78, 5) is 23.7. The second-order valence-electron chi connectivity index (χ2n) is 5.14. The Morgan fingerprint density at radius 1 is 1.25 bits per heavy atom. The van der Waals surface area contributed by atoms with Gasteiger partial charge in [-0.15, -0.1) is 0 Å². The van der Waals surface area contributed by atoms with Crippen LogP contribution in [0.1, 0.15) is 48.2 Å². The zero-order chi connectivity index (χ0) is 14.8. The third-order valence-corrected chi connectivity index (χ3v) is 4.07. The number of carbonyl (C=O) groups is 2. The zero-order valence-electron chi connectivity index (χ0n) is 11.8. The van der Waals surface area contributed by atoms with Gasteiger partial charge in [-0.05, 0) is 36.1 Å². The number of nitrogens with one attached hydrogen (secondary N) is 2. The number of carboxylic acid groups (broad SMARTS) is 1. The molecule has 0 saturated heterocycles. The predicted octanol–water partition coefficient (Wildman–Crippen LogP) is 1.66. The van der Waals surface area contributed by atoms with E-state index in [4.69, 9.17) is 0 Å². The molecule has 0 saturated carbocycles. The molecule has 1 heterocycles. The number of benzene rings is 1. The number of rotatable bonds is 5. The first-order chi connectivity index (χ1) is 9.52. The number of aliphatic carboxylic acids is 1. The van der Waals surface area contributed by atoms with Crippen LogP contribution in [-0.4, -0.2) is 22.5 Å². The lowest BCUT2D eigenvalue weighted by Crippen LogP contribution is -2.53. The van der Waals surface area contributed by atoms with E-state index in [9.17, 15) is 14.7 Å². The molecule has 0 spiro atoms. The Morgan fingerprint density at radius 2 is 1.90 bits per heavy atom. The molecule has 0 bridgehead atoms. The highest BCUT2D eigenvalue weighted by Crippen LogP contribution is 2.20. The molecule has 1 aliphatic heterocycles. The van der Waals surface area contributed by atoms with E-state index in [1.807, 2.05) is 12.1 Å². The third kappa shape index (κ3) is 2.54. The van der Waals surface area contributed by atoms with Gasteiger partial charge in [0.2, 0.25) is 0 Å². The molecule has 2 rings (SSSR count). The van der Waals surface area contributed by atoms with Gasteiger partial charge in [0, 0.05) is 18.7 Å². The van der Waals surface area contributed by atoms with Crippen LogP contribution in [0, 0.1) is 0 Å². The van der Waals surface area contributed by atoms with Crippen molar-refractivity contribution in [1.82, 2.24) is 10.6 Å². The number of carboxylic acids is 1. The average Bonchev–Trinajstić information content (AvgIpc) is 2.91. The number of fused-ring (bicyclic) bond motifs is 1. The average molecular weight is 276 g/mol. The SMILES string of the molecule is CCC(CC)(NC(=O)c1ccc2c(c1)CNC2)C(=O)O. The van der Waals surface area contributed by atoms with Gasteiger partial charge in [-0.1, -0.05) is 19.9 Å². The van der Waals surface area contributed by atoms with Crippen LogP contribution in [0.5, 0.6) is 0 Å². The van der Waals surface area contributed by atoms with Crippen LogP contribution < -0.4 is 10.6 Å². The van der Waals surface area contributed by atoms with Crippen LogP contribution in [0.2, 0.25) is 0 Å². The maximum Gasteiger partial charge on any atom is 0.329 e. The van der Waals surface area contributed by atoms with Crippen LogP contribution in [0.4, 0.5) is 0 Å². The quantitative estimate of drug-likeness (QED) is 0.764. The van der Waals surface area contributed by atoms with Gasteiger partial charge < -0.3 is 15.7 Å². The molecule has 1 aromatic carbocycles. The van der Waals surface area contributed by atoms with Crippen molar-refractivity contribution in [2.24, 2.45) is 0 Å². The maximum absolute atomic E-state index is 12.3. The zero-order valence-corrected chi connectivity index (χ0v) is 11.8. The Labute approximate surface area is 118 Å². The monoisotopic (exact) mass is 276 g/mol. The van der Waals surface area contributed by atoms with Crippen LogP contribution >= 0.6 is 0 Å². The molecule has 0 unspecified atom stereocenters. The van der Waals surface area contributed by atoms with Crippen LogP contribution in [0.3, 0.4) is 0 Å². The van der Waals surface area contributed by atoms with E-state index in [1.54, 1.807) is 19.9 Å². The minimum Gasteiger partial charge on any atom is -0.480 e. The molecule has 0 radical (unpaired) electrons. The Kier molecular flexibility index (Phi) is 4.09. The molecule has 0 atom stereocenters. The van der Waals surface area contributed by atoms with Crippen molar-refractivity contribution >= 4 is 11.9 Å². The lowest BCUT2D eigenvalue weighted by molar-refractivity contribution is -0.144. The van der Waals surface area contributed by atoms with Gasteiger partial charge in [0.25, 0.3) is 5.91 Å². The first-order valence-electron chi connectivity index (χ1n) is 6.91. The molecule has 1 aromatic rings. The van der Waals surface area contributed by atoms with Gasteiger partial charge in [0.1, 0.15) is 5.54 Å². The highest BCUT2D eigenvalue weighted by molar-refractivity contribution is 5.98. The molecule has 3 N–H and O–H groups in total. The Hall–Kier alpha value is -1.88. The summed E-state index contributed by atoms with van der Waals surface area (Å²) in [6.07, 6.45) is 0.716. The van der Waals surface area contributed by atoms with Crippen LogP contribution in [0.25, 0.3) is 0 Å². The Bertz CT molecular complexity index is 536. The molecule has 1 amide bonds. The number of carbonyl (C=O) groups excluding carboxylic acids is 1. The van der Waals surface area contributed by atoms with Crippen molar-refractivity contribution < 1.29 is 14.7 Å². The molecule has 0 aromatic heterocycles. The van der Waals surface area contributed by atoms with Crippen molar-refractivity contribution in [2.75, 3.05) is 0 Å². The normalized spacial score (nSPS) is 13.9. The Morgan fingerprint density at radius 3 is 2.50 bits per heavy atom. The summed E-state index contributed by atoms with van der Waals surface area (Å²) < 4.78 is 0. The molecular formula is C15H20N2O3. The summed E-state index contributed by atoms with van der Waals surface area (Å²) in [6, 6.07) is 5.51. The van der Waals surface area contributed by atoms with Crippen LogP contribution in [0.15, 0.2) is 18.2 Å². The summed E-state index contributed by atoms with van der Waals surface area (Å²) in [5.74, 6) is -1.32. The van der Waals surface area contributed by atoms with Crippen molar-refractivity contribution in [3.8, 4) is 0 Å². The highest BCUT2D eigenvalue weighted by Gasteiger charge is 2.36. The summed E-state index contributed by atoms with van der Waals surface area (Å²) in [7, 11) is 0. The fourth-order valence-electron chi connectivity index (χ4n) is 2.51. The minimum atomic E-state index is -1.19. The van der Waals surface area contributed by atoms with E-state index < -0.39 is 11.5 Å². The highest BCUT2D eigenvalue weighted by atomic mass is 16.4. The second kappa shape index (κ2) is 5.63. The summed E-state index contributed by atoms with van der Waals surface area (Å²) >= 11 is 0. The largest absolute Gasteiger partial charge is 0.480 e. The standard InChI is InChI=1S/C15H20N2O3/c1-3-15(4-2,14(19)20)17-13(18)10-5-6-11-8-16-9-12(11)7-10/h5-7,16H,3-4,8-9H2,1-2H3,(H,17,18)(H,19,20). The Balaban J connectivity index is 2.21. The lowest BCUT2D eigenvalue weighted by Gasteiger charge is -2.28. The maximum atomic E-state index is 12.3. The van der Waals surface area contributed by atoms with Gasteiger partial charge in [0.05, 0.1) is 0 Å². The fourth-order valence-corrected chi connectivity index (χ4v) is 2.51. The summed E-state index contributed by atoms with van der Waals surface area (Å²) in [5.41, 5.74) is 1.62. The van der Waals surface area contributed by atoms with Gasteiger partial charge in [-0.2, -0.15) is 0 Å². The van der Waals surface area contributed by atoms with E-state index >= 15 is 0 Å². The minimum absolute atomic E-state index is 0.328. The molecule has 5 heteroatoms. The van der Waals surface area contributed by atoms with Gasteiger partial charge in [-0.25, -0.2) is 4.79 Å². The lowest BCUT2D eigenvalue weighted by atomic mass is 9.92. The number of amides is 1. The molecule has 0 fully saturated rings. The molecule has 1 aliphatic rings. The molecule has 108 valence electrons. The number of hydrogen-bond acceptors (Lipinski definition) is 3. The summed E-state index contributed by atoms with van der Waals surface area (Å²) in [5, 5.41) is 15.2. The molecule has 20 heavy (non-hydrogen) atoms. The van der Waals surface area contributed by atoms with Gasteiger partial charge in [-0.3, -0.25) is 4.79 Å². The third-order valence-electron chi connectivity index (χ3n) is 4.07. The van der Waals surface area contributed by atoms with Crippen molar-refractivity contribution in [3.63, 3.8) is 0 Å². The molecule has 0 aliphatic carbocycles. The van der Waals surface area contributed by atoms with E-state index in [0.717, 1.165) is 18.7 Å². The topological polar surface area (TPSA) is 78.4 Å². The smallest absolute Gasteiger partial charge is 0.329 e. The molecular weight excluding hydrogens is 256 g/mol. The van der Waals surface area contributed by atoms with E-state index in [1.165, 1.54) is 5.56 Å². The van der Waals surface area contributed by atoms with Crippen LogP contribution in [-0.2, 0) is 17.9 Å². The molecule has 5 nitrogen and oxygen atoms in total. The fraction of sp³-hybridized carbons (Fsp3) is 0.467. The predicted molar refractivity (Wildman–Crippen MR) is 75.4 cm³/mol. The second-order valence-corrected chi connectivity index (χ2v) is 5.14. The number of hydrogen-bond donors (Lipinski definition) is 3. The van der Waals surface area contributed by atoms with Crippen molar-refractivity contribution in [1.29, 1.82) is 0 Å². The first-order valence-corrected chi connectivity index (χ1v) is 6.91. The van der Waals surface area contributed by atoms with Crippen molar-refractivity contribution in [2.45, 2.75) is 45.3 Å². The van der Waals surface area contributed by atoms with E-state index in [2.05, 4.69) is 10.6 Å². The first kappa shape index (κ1) is 14.5. The van der Waals surface area contributed by atoms with E-state index in [0.29, 0.717) is 18.4 Å².